The van der Waals surface area contributed by atoms with E-state index in [2.05, 4.69) is 39.8 Å². The molecule has 5 heteroatoms. The molecular weight excluding hydrogens is 312 g/mol. The summed E-state index contributed by atoms with van der Waals surface area (Å²) in [7, 11) is 0. The molecule has 3 aromatic rings. The van der Waals surface area contributed by atoms with Crippen LogP contribution in [0.25, 0.3) is 11.0 Å². The van der Waals surface area contributed by atoms with Gasteiger partial charge < -0.3 is 15.0 Å². The van der Waals surface area contributed by atoms with E-state index < -0.39 is 0 Å². The van der Waals surface area contributed by atoms with Crippen LogP contribution in [-0.4, -0.2) is 20.6 Å². The number of benzene rings is 1. The molecular formula is C20H26N4O. The van der Waals surface area contributed by atoms with Gasteiger partial charge in [0.05, 0.1) is 18.1 Å². The van der Waals surface area contributed by atoms with Crippen LogP contribution in [-0.2, 0) is 11.3 Å². The smallest absolute Gasteiger partial charge is 0.145 e. The van der Waals surface area contributed by atoms with Crippen molar-refractivity contribution in [2.45, 2.75) is 52.4 Å². The monoisotopic (exact) mass is 338 g/mol. The van der Waals surface area contributed by atoms with Gasteiger partial charge in [-0.3, -0.25) is 0 Å². The van der Waals surface area contributed by atoms with Gasteiger partial charge in [-0.1, -0.05) is 44.2 Å². The summed E-state index contributed by atoms with van der Waals surface area (Å²) in [6.07, 6.45) is 6.01. The van der Waals surface area contributed by atoms with Gasteiger partial charge in [-0.05, 0) is 30.9 Å². The van der Waals surface area contributed by atoms with E-state index in [-0.39, 0.29) is 0 Å². The standard InChI is InChI=1S/C18H20N4O.C2H6/c1-12-9-22(18-16(12)17(19)20-11-21-18)14-7-15(8-14)23-10-13-5-3-2-4-6-13;1-2/h2-6,9,11,14-15H,7-8,10H2,1H3,(H2,19,20,21);1-2H3. The summed E-state index contributed by atoms with van der Waals surface area (Å²) in [6.45, 7) is 6.74. The number of nitrogens with two attached hydrogens (primary N) is 1. The molecule has 0 atom stereocenters. The summed E-state index contributed by atoms with van der Waals surface area (Å²) in [4.78, 5) is 8.51. The first-order valence-electron chi connectivity index (χ1n) is 8.95. The fourth-order valence-corrected chi connectivity index (χ4v) is 3.27. The molecule has 1 aliphatic carbocycles. The summed E-state index contributed by atoms with van der Waals surface area (Å²) in [6, 6.07) is 10.7. The quantitative estimate of drug-likeness (QED) is 0.771. The maximum absolute atomic E-state index is 5.99. The van der Waals surface area contributed by atoms with Crippen LogP contribution < -0.4 is 5.73 Å². The summed E-state index contributed by atoms with van der Waals surface area (Å²) in [5.41, 5.74) is 9.26. The van der Waals surface area contributed by atoms with Crippen LogP contribution >= 0.6 is 0 Å². The predicted molar refractivity (Wildman–Crippen MR) is 101 cm³/mol. The van der Waals surface area contributed by atoms with E-state index in [4.69, 9.17) is 10.5 Å². The second-order valence-electron chi connectivity index (χ2n) is 6.22. The SMILES string of the molecule is CC.Cc1cn(C2CC(OCc3ccccc3)C2)c2ncnc(N)c12. The molecule has 5 nitrogen and oxygen atoms in total. The topological polar surface area (TPSA) is 66.0 Å². The van der Waals surface area contributed by atoms with E-state index in [1.54, 1.807) is 0 Å². The lowest BCUT2D eigenvalue weighted by Gasteiger charge is -2.36. The van der Waals surface area contributed by atoms with Gasteiger partial charge in [0, 0.05) is 12.2 Å². The number of aryl methyl sites for hydroxylation is 1. The maximum Gasteiger partial charge on any atom is 0.145 e. The molecule has 2 heterocycles. The van der Waals surface area contributed by atoms with Crippen molar-refractivity contribution in [3.8, 4) is 0 Å². The van der Waals surface area contributed by atoms with Gasteiger partial charge in [-0.25, -0.2) is 9.97 Å². The zero-order chi connectivity index (χ0) is 17.8. The average Bonchev–Trinajstić information content (AvgIpc) is 2.94. The Bertz CT molecular complexity index is 822. The van der Waals surface area contributed by atoms with Crippen molar-refractivity contribution in [2.24, 2.45) is 0 Å². The summed E-state index contributed by atoms with van der Waals surface area (Å²) < 4.78 is 8.21. The highest BCUT2D eigenvalue weighted by Crippen LogP contribution is 2.38. The van der Waals surface area contributed by atoms with Gasteiger partial charge in [-0.15, -0.1) is 0 Å². The number of hydrogen-bond acceptors (Lipinski definition) is 4. The molecule has 2 N–H and O–H groups in total. The molecule has 4 rings (SSSR count). The molecule has 0 bridgehead atoms. The number of nitrogen functional groups attached to an aromatic ring is 1. The predicted octanol–water partition coefficient (Wildman–Crippen LogP) is 4.27. The fourth-order valence-electron chi connectivity index (χ4n) is 3.27. The van der Waals surface area contributed by atoms with Gasteiger partial charge in [0.2, 0.25) is 0 Å². The van der Waals surface area contributed by atoms with Crippen LogP contribution in [0.4, 0.5) is 5.82 Å². The van der Waals surface area contributed by atoms with Crippen LogP contribution in [0.1, 0.15) is 43.9 Å². The third-order valence-electron chi connectivity index (χ3n) is 4.62. The molecule has 132 valence electrons. The minimum Gasteiger partial charge on any atom is -0.383 e. The van der Waals surface area contributed by atoms with Crippen molar-refractivity contribution in [2.75, 3.05) is 5.73 Å². The van der Waals surface area contributed by atoms with Crippen molar-refractivity contribution < 1.29 is 4.74 Å². The van der Waals surface area contributed by atoms with Crippen LogP contribution in [0.5, 0.6) is 0 Å². The summed E-state index contributed by atoms with van der Waals surface area (Å²) >= 11 is 0. The number of nitrogens with zero attached hydrogens (tertiary/aromatic N) is 3. The van der Waals surface area contributed by atoms with Crippen molar-refractivity contribution in [1.82, 2.24) is 14.5 Å². The molecule has 25 heavy (non-hydrogen) atoms. The summed E-state index contributed by atoms with van der Waals surface area (Å²) in [5, 5.41) is 0.973. The lowest BCUT2D eigenvalue weighted by atomic mass is 9.89. The zero-order valence-electron chi connectivity index (χ0n) is 15.1. The molecule has 0 unspecified atom stereocenters. The Hall–Kier alpha value is -2.40. The zero-order valence-corrected chi connectivity index (χ0v) is 15.1. The third kappa shape index (κ3) is 3.51. The second kappa shape index (κ2) is 7.66. The van der Waals surface area contributed by atoms with Gasteiger partial charge in [0.1, 0.15) is 17.8 Å². The minimum atomic E-state index is 0.317. The van der Waals surface area contributed by atoms with Gasteiger partial charge >= 0.3 is 0 Å². The van der Waals surface area contributed by atoms with Crippen molar-refractivity contribution in [1.29, 1.82) is 0 Å². The Morgan fingerprint density at radius 2 is 1.88 bits per heavy atom. The number of anilines is 1. The van der Waals surface area contributed by atoms with Crippen molar-refractivity contribution in [3.63, 3.8) is 0 Å². The van der Waals surface area contributed by atoms with E-state index in [0.29, 0.717) is 24.6 Å². The first kappa shape index (κ1) is 17.4. The number of fused-ring (bicyclic) bond motifs is 1. The van der Waals surface area contributed by atoms with Gasteiger partial charge in [-0.2, -0.15) is 0 Å². The van der Waals surface area contributed by atoms with Gasteiger partial charge in [0.25, 0.3) is 0 Å². The first-order chi connectivity index (χ1) is 12.2. The third-order valence-corrected chi connectivity index (χ3v) is 4.62. The molecule has 2 aromatic heterocycles. The first-order valence-corrected chi connectivity index (χ1v) is 8.95. The largest absolute Gasteiger partial charge is 0.383 e. The lowest BCUT2D eigenvalue weighted by Crippen LogP contribution is -2.33. The highest BCUT2D eigenvalue weighted by atomic mass is 16.5. The van der Waals surface area contributed by atoms with E-state index in [1.165, 1.54) is 11.9 Å². The summed E-state index contributed by atoms with van der Waals surface area (Å²) in [5.74, 6) is 0.558. The van der Waals surface area contributed by atoms with E-state index in [0.717, 1.165) is 29.4 Å². The molecule has 0 aliphatic heterocycles. The van der Waals surface area contributed by atoms with E-state index in [9.17, 15) is 0 Å². The number of aromatic nitrogens is 3. The Balaban J connectivity index is 0.000000880. The average molecular weight is 338 g/mol. The van der Waals surface area contributed by atoms with Crippen molar-refractivity contribution >= 4 is 16.9 Å². The van der Waals surface area contributed by atoms with Crippen LogP contribution in [0.15, 0.2) is 42.9 Å². The molecule has 0 spiro atoms. The van der Waals surface area contributed by atoms with Gasteiger partial charge in [0.15, 0.2) is 0 Å². The Labute approximate surface area is 148 Å². The molecule has 0 amide bonds. The fraction of sp³-hybridized carbons (Fsp3) is 0.400. The number of rotatable bonds is 4. The second-order valence-corrected chi connectivity index (χ2v) is 6.22. The minimum absolute atomic E-state index is 0.317. The van der Waals surface area contributed by atoms with Crippen LogP contribution in [0.3, 0.4) is 0 Å². The van der Waals surface area contributed by atoms with Crippen LogP contribution in [0.2, 0.25) is 0 Å². The number of hydrogen-bond donors (Lipinski definition) is 1. The Morgan fingerprint density at radius 1 is 1.16 bits per heavy atom. The lowest BCUT2D eigenvalue weighted by molar-refractivity contribution is -0.0348. The Morgan fingerprint density at radius 3 is 2.60 bits per heavy atom. The highest BCUT2D eigenvalue weighted by Gasteiger charge is 2.32. The molecule has 1 fully saturated rings. The molecule has 1 aliphatic rings. The van der Waals surface area contributed by atoms with E-state index >= 15 is 0 Å². The normalized spacial score (nSPS) is 19.2. The van der Waals surface area contributed by atoms with E-state index in [1.807, 2.05) is 32.0 Å². The Kier molecular flexibility index (Phi) is 5.34. The highest BCUT2D eigenvalue weighted by molar-refractivity contribution is 5.89. The maximum atomic E-state index is 5.99. The van der Waals surface area contributed by atoms with Crippen LogP contribution in [0, 0.1) is 6.92 Å². The molecule has 0 radical (unpaired) electrons. The molecule has 1 aromatic carbocycles. The number of ether oxygens (including phenoxy) is 1. The molecule has 0 saturated heterocycles. The molecule has 1 saturated carbocycles. The van der Waals surface area contributed by atoms with Crippen molar-refractivity contribution in [3.05, 3.63) is 54.0 Å².